The first-order chi connectivity index (χ1) is 6.09. The molecule has 4 heteroatoms. The first-order valence-electron chi connectivity index (χ1n) is 4.02. The molecule has 1 heterocycles. The van der Waals surface area contributed by atoms with E-state index in [1.165, 1.54) is 17.3 Å². The largest absolute Gasteiger partial charge is 0.460 e. The van der Waals surface area contributed by atoms with Crippen molar-refractivity contribution in [3.63, 3.8) is 0 Å². The summed E-state index contributed by atoms with van der Waals surface area (Å²) in [7, 11) is 0. The fourth-order valence-electron chi connectivity index (χ4n) is 0.843. The molecule has 0 atom stereocenters. The number of hydrogen-bond acceptors (Lipinski definition) is 4. The number of hydrogen-bond donors (Lipinski definition) is 1. The molecule has 1 aliphatic rings. The van der Waals surface area contributed by atoms with E-state index in [2.05, 4.69) is 0 Å². The van der Waals surface area contributed by atoms with Crippen molar-refractivity contribution in [1.82, 2.24) is 0 Å². The Morgan fingerprint density at radius 1 is 1.62 bits per heavy atom. The minimum absolute atomic E-state index is 0.221. The highest BCUT2D eigenvalue weighted by Crippen LogP contribution is 2.25. The summed E-state index contributed by atoms with van der Waals surface area (Å²) in [4.78, 5) is 11.7. The molecule has 0 saturated carbocycles. The summed E-state index contributed by atoms with van der Waals surface area (Å²) in [6.07, 6.45) is 0.221. The smallest absolute Gasteiger partial charge is 0.312 e. The summed E-state index contributed by atoms with van der Waals surface area (Å²) in [5.41, 5.74) is 7.53. The normalized spacial score (nSPS) is 16.9. The molecule has 0 amide bonds. The number of carbonyl (C=O) groups is 1. The number of rotatable bonds is 2. The zero-order valence-corrected chi connectivity index (χ0v) is 8.61. The van der Waals surface area contributed by atoms with Gasteiger partial charge in [0.2, 0.25) is 0 Å². The van der Waals surface area contributed by atoms with Crippen molar-refractivity contribution in [1.29, 1.82) is 0 Å². The highest BCUT2D eigenvalue weighted by Gasteiger charge is 2.16. The summed E-state index contributed by atoms with van der Waals surface area (Å²) < 4.78 is 4.87. The molecule has 0 aromatic carbocycles. The minimum Gasteiger partial charge on any atom is -0.460 e. The summed E-state index contributed by atoms with van der Waals surface area (Å²) >= 11 is 1.53. The molecular formula is C9H13NO2S. The van der Waals surface area contributed by atoms with Crippen molar-refractivity contribution >= 4 is 17.7 Å². The summed E-state index contributed by atoms with van der Waals surface area (Å²) in [6.45, 7) is 4.34. The average molecular weight is 199 g/mol. The molecule has 0 saturated heterocycles. The van der Waals surface area contributed by atoms with Gasteiger partial charge in [-0.3, -0.25) is 4.79 Å². The number of cyclic esters (lactones) is 1. The molecule has 1 rings (SSSR count). The van der Waals surface area contributed by atoms with Crippen molar-refractivity contribution in [2.45, 2.75) is 20.3 Å². The third-order valence-electron chi connectivity index (χ3n) is 1.49. The van der Waals surface area contributed by atoms with Gasteiger partial charge in [0.25, 0.3) is 0 Å². The maximum atomic E-state index is 10.8. The van der Waals surface area contributed by atoms with Crippen molar-refractivity contribution in [3.8, 4) is 0 Å². The molecule has 13 heavy (non-hydrogen) atoms. The molecule has 0 aromatic rings. The van der Waals surface area contributed by atoms with Gasteiger partial charge in [0.15, 0.2) is 0 Å². The number of thioether (sulfide) groups is 1. The van der Waals surface area contributed by atoms with Crippen LogP contribution >= 0.6 is 11.8 Å². The molecule has 72 valence electrons. The summed E-state index contributed by atoms with van der Waals surface area (Å²) in [5, 5.41) is 2.00. The minimum atomic E-state index is -0.237. The van der Waals surface area contributed by atoms with Crippen LogP contribution in [0.4, 0.5) is 0 Å². The van der Waals surface area contributed by atoms with Crippen molar-refractivity contribution in [3.05, 3.63) is 21.6 Å². The molecule has 0 spiro atoms. The van der Waals surface area contributed by atoms with Crippen molar-refractivity contribution < 1.29 is 9.53 Å². The monoisotopic (exact) mass is 199 g/mol. The van der Waals surface area contributed by atoms with E-state index in [0.29, 0.717) is 12.3 Å². The van der Waals surface area contributed by atoms with Crippen molar-refractivity contribution in [2.75, 3.05) is 6.61 Å². The highest BCUT2D eigenvalue weighted by atomic mass is 32.2. The van der Waals surface area contributed by atoms with E-state index in [4.69, 9.17) is 10.5 Å². The van der Waals surface area contributed by atoms with Gasteiger partial charge in [0.05, 0.1) is 6.42 Å². The van der Waals surface area contributed by atoms with E-state index in [1.807, 2.05) is 19.3 Å². The van der Waals surface area contributed by atoms with Gasteiger partial charge in [-0.05, 0) is 19.3 Å². The Kier molecular flexibility index (Phi) is 3.42. The number of carbonyl (C=O) groups excluding carboxylic acids is 1. The molecule has 1 aliphatic heterocycles. The number of ether oxygens (including phenoxy) is 1. The van der Waals surface area contributed by atoms with Crippen LogP contribution in [0.2, 0.25) is 0 Å². The maximum Gasteiger partial charge on any atom is 0.312 e. The van der Waals surface area contributed by atoms with Crippen LogP contribution < -0.4 is 5.73 Å². The maximum absolute atomic E-state index is 10.8. The van der Waals surface area contributed by atoms with Gasteiger partial charge in [-0.15, -0.1) is 0 Å². The van der Waals surface area contributed by atoms with Gasteiger partial charge in [0.1, 0.15) is 6.61 Å². The molecular weight excluding hydrogens is 186 g/mol. The fraction of sp³-hybridized carbons (Fsp3) is 0.444. The third kappa shape index (κ3) is 3.14. The quantitative estimate of drug-likeness (QED) is 0.688. The van der Waals surface area contributed by atoms with E-state index in [9.17, 15) is 4.79 Å². The highest BCUT2D eigenvalue weighted by molar-refractivity contribution is 8.05. The predicted octanol–water partition coefficient (Wildman–Crippen LogP) is 1.76. The van der Waals surface area contributed by atoms with Crippen LogP contribution in [0.3, 0.4) is 0 Å². The standard InChI is InChI=1S/C9H13NO2S/c1-6(2)5-13-8-4-12-9(11)3-7(8)10/h5H,3-4,10H2,1-2H3. The van der Waals surface area contributed by atoms with E-state index in [0.717, 1.165) is 4.91 Å². The van der Waals surface area contributed by atoms with Crippen LogP contribution in [0.25, 0.3) is 0 Å². The number of nitrogens with two attached hydrogens (primary N) is 1. The fourth-order valence-corrected chi connectivity index (χ4v) is 1.57. The predicted molar refractivity (Wildman–Crippen MR) is 53.8 cm³/mol. The second kappa shape index (κ2) is 4.37. The second-order valence-electron chi connectivity index (χ2n) is 3.10. The van der Waals surface area contributed by atoms with Gasteiger partial charge in [0, 0.05) is 10.6 Å². The lowest BCUT2D eigenvalue weighted by Crippen LogP contribution is -2.19. The summed E-state index contributed by atoms with van der Waals surface area (Å²) in [6, 6.07) is 0. The Balaban J connectivity index is 2.63. The molecule has 0 fully saturated rings. The van der Waals surface area contributed by atoms with Crippen LogP contribution in [0, 0.1) is 0 Å². The summed E-state index contributed by atoms with van der Waals surface area (Å²) in [5.74, 6) is -0.237. The number of allylic oxidation sites excluding steroid dienone is 1. The zero-order valence-electron chi connectivity index (χ0n) is 7.79. The molecule has 0 radical (unpaired) electrons. The molecule has 0 aromatic heterocycles. The van der Waals surface area contributed by atoms with Gasteiger partial charge < -0.3 is 10.5 Å². The van der Waals surface area contributed by atoms with Gasteiger partial charge in [-0.1, -0.05) is 17.3 Å². The topological polar surface area (TPSA) is 52.3 Å². The molecule has 0 bridgehead atoms. The van der Waals surface area contributed by atoms with E-state index >= 15 is 0 Å². The van der Waals surface area contributed by atoms with Gasteiger partial charge in [-0.2, -0.15) is 0 Å². The molecule has 2 N–H and O–H groups in total. The lowest BCUT2D eigenvalue weighted by atomic mass is 10.3. The Bertz CT molecular complexity index is 277. The molecule has 3 nitrogen and oxygen atoms in total. The van der Waals surface area contributed by atoms with Crippen LogP contribution in [0.1, 0.15) is 20.3 Å². The SMILES string of the molecule is CC(C)=CSC1=C(N)CC(=O)OC1. The lowest BCUT2D eigenvalue weighted by Gasteiger charge is -2.15. The van der Waals surface area contributed by atoms with E-state index < -0.39 is 0 Å². The van der Waals surface area contributed by atoms with Crippen LogP contribution in [0.5, 0.6) is 0 Å². The Morgan fingerprint density at radius 3 is 2.85 bits per heavy atom. The molecule has 0 unspecified atom stereocenters. The first kappa shape index (κ1) is 10.2. The first-order valence-corrected chi connectivity index (χ1v) is 4.90. The van der Waals surface area contributed by atoms with E-state index in [1.54, 1.807) is 0 Å². The van der Waals surface area contributed by atoms with Crippen LogP contribution in [-0.4, -0.2) is 12.6 Å². The average Bonchev–Trinajstić information content (AvgIpc) is 2.02. The Labute approximate surface area is 82.0 Å². The Morgan fingerprint density at radius 2 is 2.31 bits per heavy atom. The van der Waals surface area contributed by atoms with Crippen molar-refractivity contribution in [2.24, 2.45) is 5.73 Å². The third-order valence-corrected chi connectivity index (χ3v) is 2.75. The van der Waals surface area contributed by atoms with Crippen LogP contribution in [-0.2, 0) is 9.53 Å². The van der Waals surface area contributed by atoms with Gasteiger partial charge in [-0.25, -0.2) is 0 Å². The lowest BCUT2D eigenvalue weighted by molar-refractivity contribution is -0.142. The number of esters is 1. The van der Waals surface area contributed by atoms with Crippen LogP contribution in [0.15, 0.2) is 21.6 Å². The zero-order chi connectivity index (χ0) is 9.84. The second-order valence-corrected chi connectivity index (χ2v) is 4.06. The van der Waals surface area contributed by atoms with Gasteiger partial charge >= 0.3 is 5.97 Å². The Hall–Kier alpha value is -0.900. The molecule has 0 aliphatic carbocycles. The van der Waals surface area contributed by atoms with E-state index in [-0.39, 0.29) is 12.4 Å².